The van der Waals surface area contributed by atoms with E-state index in [1.54, 1.807) is 7.05 Å². The highest BCUT2D eigenvalue weighted by Crippen LogP contribution is 2.12. The Morgan fingerprint density at radius 3 is 2.70 bits per heavy atom. The molecular weight excluding hydrogens is 344 g/mol. The predicted octanol–water partition coefficient (Wildman–Crippen LogP) is 2.63. The molecule has 150 valence electrons. The van der Waals surface area contributed by atoms with Gasteiger partial charge in [-0.25, -0.2) is 4.79 Å². The second kappa shape index (κ2) is 10.0. The molecule has 1 aliphatic rings. The van der Waals surface area contributed by atoms with Crippen LogP contribution >= 0.6 is 0 Å². The maximum Gasteiger partial charge on any atom is 0.407 e. The Morgan fingerprint density at radius 2 is 2.04 bits per heavy atom. The molecule has 1 unspecified atom stereocenters. The molecule has 0 saturated carbocycles. The number of benzene rings is 1. The van der Waals surface area contributed by atoms with Crippen molar-refractivity contribution in [3.63, 3.8) is 0 Å². The molecule has 1 heterocycles. The average Bonchev–Trinajstić information content (AvgIpc) is 3.05. The molecule has 1 saturated heterocycles. The van der Waals surface area contributed by atoms with Gasteiger partial charge in [0.2, 0.25) is 0 Å². The first kappa shape index (κ1) is 20.9. The van der Waals surface area contributed by atoms with E-state index in [-0.39, 0.29) is 12.1 Å². The molecule has 2 rings (SSSR count). The molecule has 1 aromatic carbocycles. The lowest BCUT2D eigenvalue weighted by Crippen LogP contribution is -2.44. The summed E-state index contributed by atoms with van der Waals surface area (Å²) in [5.41, 5.74) is -0.484. The average molecular weight is 377 g/mol. The largest absolute Gasteiger partial charge is 0.494 e. The molecule has 0 spiro atoms. The van der Waals surface area contributed by atoms with E-state index in [0.29, 0.717) is 6.61 Å². The zero-order chi connectivity index (χ0) is 19.7. The van der Waals surface area contributed by atoms with Crippen LogP contribution < -0.4 is 15.4 Å². The summed E-state index contributed by atoms with van der Waals surface area (Å²) >= 11 is 0. The monoisotopic (exact) mass is 376 g/mol. The van der Waals surface area contributed by atoms with E-state index in [1.807, 2.05) is 51.1 Å². The number of nitrogens with one attached hydrogen (secondary N) is 2. The van der Waals surface area contributed by atoms with Gasteiger partial charge in [0.1, 0.15) is 11.4 Å². The van der Waals surface area contributed by atoms with Crippen molar-refractivity contribution in [2.75, 3.05) is 33.3 Å². The van der Waals surface area contributed by atoms with E-state index >= 15 is 0 Å². The zero-order valence-electron chi connectivity index (χ0n) is 16.8. The van der Waals surface area contributed by atoms with Crippen LogP contribution in [0.2, 0.25) is 0 Å². The first-order valence-corrected chi connectivity index (χ1v) is 9.50. The number of amides is 1. The van der Waals surface area contributed by atoms with Gasteiger partial charge in [-0.2, -0.15) is 0 Å². The van der Waals surface area contributed by atoms with Gasteiger partial charge in [0.15, 0.2) is 5.96 Å². The number of alkyl carbamates (subject to hydrolysis) is 1. The fourth-order valence-corrected chi connectivity index (χ4v) is 2.86. The summed E-state index contributed by atoms with van der Waals surface area (Å²) in [5.74, 6) is 1.74. The van der Waals surface area contributed by atoms with Gasteiger partial charge in [-0.15, -0.1) is 0 Å². The molecule has 1 aliphatic heterocycles. The maximum atomic E-state index is 11.9. The predicted molar refractivity (Wildman–Crippen MR) is 107 cm³/mol. The molecular formula is C20H32N4O3. The number of likely N-dealkylation sites (tertiary alicyclic amines) is 1. The molecule has 1 fully saturated rings. The summed E-state index contributed by atoms with van der Waals surface area (Å²) < 4.78 is 11.0. The van der Waals surface area contributed by atoms with Crippen LogP contribution in [0.25, 0.3) is 0 Å². The third-order valence-corrected chi connectivity index (χ3v) is 4.04. The Kier molecular flexibility index (Phi) is 7.76. The Labute approximate surface area is 162 Å². The fraction of sp³-hybridized carbons (Fsp3) is 0.600. The number of ether oxygens (including phenoxy) is 2. The zero-order valence-corrected chi connectivity index (χ0v) is 16.8. The van der Waals surface area contributed by atoms with Gasteiger partial charge >= 0.3 is 6.09 Å². The van der Waals surface area contributed by atoms with E-state index in [0.717, 1.165) is 44.2 Å². The van der Waals surface area contributed by atoms with Crippen molar-refractivity contribution in [3.05, 3.63) is 30.3 Å². The number of rotatable bonds is 6. The minimum atomic E-state index is -0.484. The molecule has 1 atom stereocenters. The van der Waals surface area contributed by atoms with E-state index in [9.17, 15) is 4.79 Å². The lowest BCUT2D eigenvalue weighted by Gasteiger charge is -2.23. The van der Waals surface area contributed by atoms with E-state index in [2.05, 4.69) is 20.5 Å². The van der Waals surface area contributed by atoms with Crippen LogP contribution in [0.15, 0.2) is 35.3 Å². The van der Waals surface area contributed by atoms with Crippen LogP contribution in [0, 0.1) is 0 Å². The van der Waals surface area contributed by atoms with Crippen molar-refractivity contribution in [1.82, 2.24) is 15.5 Å². The first-order valence-electron chi connectivity index (χ1n) is 9.50. The Morgan fingerprint density at radius 1 is 1.30 bits per heavy atom. The summed E-state index contributed by atoms with van der Waals surface area (Å²) in [6, 6.07) is 9.87. The molecule has 0 aliphatic carbocycles. The highest BCUT2D eigenvalue weighted by molar-refractivity contribution is 5.80. The summed E-state index contributed by atoms with van der Waals surface area (Å²) in [5, 5.41) is 6.30. The molecule has 1 aromatic rings. The number of aliphatic imine (C=N–C) groups is 1. The SMILES string of the molecule is CN=C(NCCCOc1ccccc1)N1CCC(NC(=O)OC(C)(C)C)C1. The lowest BCUT2D eigenvalue weighted by atomic mass is 10.2. The van der Waals surface area contributed by atoms with Crippen molar-refractivity contribution in [2.24, 2.45) is 4.99 Å². The smallest absolute Gasteiger partial charge is 0.407 e. The third kappa shape index (κ3) is 7.76. The van der Waals surface area contributed by atoms with Crippen LogP contribution in [0.4, 0.5) is 4.79 Å². The van der Waals surface area contributed by atoms with Crippen LogP contribution in [-0.4, -0.2) is 61.9 Å². The molecule has 2 N–H and O–H groups in total. The van der Waals surface area contributed by atoms with Crippen LogP contribution in [0.1, 0.15) is 33.6 Å². The van der Waals surface area contributed by atoms with Crippen molar-refractivity contribution < 1.29 is 14.3 Å². The van der Waals surface area contributed by atoms with Gasteiger partial charge in [0.05, 0.1) is 12.6 Å². The lowest BCUT2D eigenvalue weighted by molar-refractivity contribution is 0.0507. The van der Waals surface area contributed by atoms with Crippen molar-refractivity contribution in [1.29, 1.82) is 0 Å². The van der Waals surface area contributed by atoms with Crippen LogP contribution in [-0.2, 0) is 4.74 Å². The second-order valence-corrected chi connectivity index (χ2v) is 7.57. The summed E-state index contributed by atoms with van der Waals surface area (Å²) in [4.78, 5) is 18.4. The number of carbonyl (C=O) groups excluding carboxylic acids is 1. The van der Waals surface area contributed by atoms with Gasteiger partial charge in [-0.3, -0.25) is 4.99 Å². The van der Waals surface area contributed by atoms with Gasteiger partial charge in [0.25, 0.3) is 0 Å². The van der Waals surface area contributed by atoms with Crippen molar-refractivity contribution >= 4 is 12.1 Å². The topological polar surface area (TPSA) is 75.2 Å². The number of nitrogens with zero attached hydrogens (tertiary/aromatic N) is 2. The van der Waals surface area contributed by atoms with Gasteiger partial charge < -0.3 is 25.0 Å². The Balaban J connectivity index is 1.66. The minimum absolute atomic E-state index is 0.0693. The van der Waals surface area contributed by atoms with Crippen LogP contribution in [0.5, 0.6) is 5.75 Å². The molecule has 1 amide bonds. The van der Waals surface area contributed by atoms with Crippen molar-refractivity contribution in [3.8, 4) is 5.75 Å². The summed E-state index contributed by atoms with van der Waals surface area (Å²) in [6.45, 7) is 8.58. The summed E-state index contributed by atoms with van der Waals surface area (Å²) in [6.07, 6.45) is 1.38. The summed E-state index contributed by atoms with van der Waals surface area (Å²) in [7, 11) is 1.78. The molecule has 0 bridgehead atoms. The first-order chi connectivity index (χ1) is 12.9. The fourth-order valence-electron chi connectivity index (χ4n) is 2.86. The van der Waals surface area contributed by atoms with Gasteiger partial charge in [-0.05, 0) is 45.7 Å². The van der Waals surface area contributed by atoms with Crippen LogP contribution in [0.3, 0.4) is 0 Å². The Hall–Kier alpha value is -2.44. The molecule has 7 nitrogen and oxygen atoms in total. The number of hydrogen-bond acceptors (Lipinski definition) is 4. The third-order valence-electron chi connectivity index (χ3n) is 4.04. The number of guanidine groups is 1. The number of hydrogen-bond donors (Lipinski definition) is 2. The second-order valence-electron chi connectivity index (χ2n) is 7.57. The highest BCUT2D eigenvalue weighted by Gasteiger charge is 2.27. The number of para-hydroxylation sites is 1. The van der Waals surface area contributed by atoms with Crippen molar-refractivity contribution in [2.45, 2.75) is 45.3 Å². The van der Waals surface area contributed by atoms with Gasteiger partial charge in [0, 0.05) is 26.7 Å². The van der Waals surface area contributed by atoms with E-state index in [4.69, 9.17) is 9.47 Å². The standard InChI is InChI=1S/C20H32N4O3/c1-20(2,3)27-19(25)23-16-11-13-24(15-16)18(21-4)22-12-8-14-26-17-9-6-5-7-10-17/h5-7,9-10,16H,8,11-15H2,1-4H3,(H,21,22)(H,23,25). The quantitative estimate of drug-likeness (QED) is 0.453. The van der Waals surface area contributed by atoms with E-state index in [1.165, 1.54) is 0 Å². The van der Waals surface area contributed by atoms with E-state index < -0.39 is 5.60 Å². The Bertz CT molecular complexity index is 613. The molecule has 0 aromatic heterocycles. The van der Waals surface area contributed by atoms with Gasteiger partial charge in [-0.1, -0.05) is 18.2 Å². The molecule has 0 radical (unpaired) electrons. The normalized spacial score (nSPS) is 17.6. The molecule has 7 heteroatoms. The maximum absolute atomic E-state index is 11.9. The molecule has 27 heavy (non-hydrogen) atoms. The number of carbonyl (C=O) groups is 1. The highest BCUT2D eigenvalue weighted by atomic mass is 16.6. The minimum Gasteiger partial charge on any atom is -0.494 e.